The van der Waals surface area contributed by atoms with Gasteiger partial charge in [0.2, 0.25) is 0 Å². The highest BCUT2D eigenvalue weighted by Gasteiger charge is 2.61. The van der Waals surface area contributed by atoms with Crippen LogP contribution in [0.2, 0.25) is 0 Å². The first-order chi connectivity index (χ1) is 7.78. The first-order valence-corrected chi connectivity index (χ1v) is 6.80. The van der Waals surface area contributed by atoms with Crippen LogP contribution in [-0.4, -0.2) is 10.8 Å². The van der Waals surface area contributed by atoms with Crippen molar-refractivity contribution in [3.8, 4) is 0 Å². The Morgan fingerprint density at radius 3 is 2.69 bits per heavy atom. The molecular weight excluding hydrogens is 220 g/mol. The molecule has 4 rings (SSSR count). The Hall–Kier alpha value is -0.390. The van der Waals surface area contributed by atoms with Crippen LogP contribution in [0.1, 0.15) is 32.1 Å². The van der Waals surface area contributed by atoms with Crippen LogP contribution < -0.4 is 21.7 Å². The molecule has 3 aliphatic carbocycles. The largest absolute Gasteiger partial charge is 0.295 e. The van der Waals surface area contributed by atoms with Gasteiger partial charge in [0, 0.05) is 0 Å². The molecule has 2 bridgehead atoms. The van der Waals surface area contributed by atoms with Crippen molar-refractivity contribution < 1.29 is 0 Å². The molecule has 0 aromatic carbocycles. The van der Waals surface area contributed by atoms with Gasteiger partial charge in [-0.25, -0.2) is 10.9 Å². The van der Waals surface area contributed by atoms with Crippen LogP contribution in [0.25, 0.3) is 0 Å². The second-order valence-corrected chi connectivity index (χ2v) is 6.27. The molecule has 0 unspecified atom stereocenters. The molecule has 1 saturated heterocycles. The average molecular weight is 238 g/mol. The summed E-state index contributed by atoms with van der Waals surface area (Å²) >= 11 is 5.06. The number of fused-ring (bicyclic) bond motifs is 6. The molecule has 88 valence electrons. The third kappa shape index (κ3) is 1.09. The summed E-state index contributed by atoms with van der Waals surface area (Å²) in [6.07, 6.45) is 6.98. The molecule has 16 heavy (non-hydrogen) atoms. The van der Waals surface area contributed by atoms with E-state index in [4.69, 9.17) is 12.2 Å². The van der Waals surface area contributed by atoms with Gasteiger partial charge < -0.3 is 0 Å². The fourth-order valence-corrected chi connectivity index (χ4v) is 4.93. The van der Waals surface area contributed by atoms with E-state index >= 15 is 0 Å². The Bertz CT molecular complexity index is 335. The lowest BCUT2D eigenvalue weighted by Crippen LogP contribution is -2.76. The SMILES string of the molecule is S=C1NNC2(C[C@H]3C[C@H]2[C@@H]2CCC[C@@H]32)NN1. The Kier molecular flexibility index (Phi) is 1.86. The molecule has 4 N–H and O–H groups in total. The summed E-state index contributed by atoms with van der Waals surface area (Å²) < 4.78 is 0. The van der Waals surface area contributed by atoms with Gasteiger partial charge in [0.1, 0.15) is 5.66 Å². The summed E-state index contributed by atoms with van der Waals surface area (Å²) in [7, 11) is 0. The quantitative estimate of drug-likeness (QED) is 0.466. The lowest BCUT2D eigenvalue weighted by molar-refractivity contribution is 0.0646. The predicted molar refractivity (Wildman–Crippen MR) is 64.9 cm³/mol. The molecule has 3 saturated carbocycles. The molecule has 0 aromatic rings. The highest BCUT2D eigenvalue weighted by Crippen LogP contribution is 2.61. The van der Waals surface area contributed by atoms with Crippen molar-refractivity contribution in [2.24, 2.45) is 23.7 Å². The molecule has 5 heteroatoms. The number of hydrogen-bond acceptors (Lipinski definition) is 3. The first kappa shape index (κ1) is 9.62. The van der Waals surface area contributed by atoms with E-state index in [0.717, 1.165) is 23.7 Å². The van der Waals surface area contributed by atoms with Crippen LogP contribution in [0.4, 0.5) is 0 Å². The summed E-state index contributed by atoms with van der Waals surface area (Å²) in [6, 6.07) is 0. The van der Waals surface area contributed by atoms with E-state index < -0.39 is 0 Å². The van der Waals surface area contributed by atoms with Crippen LogP contribution in [0.5, 0.6) is 0 Å². The molecular formula is C11H18N4S. The van der Waals surface area contributed by atoms with Crippen molar-refractivity contribution in [1.82, 2.24) is 21.7 Å². The maximum Gasteiger partial charge on any atom is 0.195 e. The smallest absolute Gasteiger partial charge is 0.195 e. The van der Waals surface area contributed by atoms with Gasteiger partial charge in [0.15, 0.2) is 5.11 Å². The molecule has 0 amide bonds. The second kappa shape index (κ2) is 3.09. The number of hydrazine groups is 2. The Balaban J connectivity index is 1.61. The zero-order valence-electron chi connectivity index (χ0n) is 9.25. The van der Waals surface area contributed by atoms with Crippen LogP contribution >= 0.6 is 12.2 Å². The van der Waals surface area contributed by atoms with E-state index in [1.807, 2.05) is 0 Å². The standard InChI is InChI=1S/C11H18N4S/c16-10-12-14-11(15-13-10)5-6-4-9(11)8-3-1-2-7(6)8/h6-9,14-15H,1-5H2,(H2,12,13,16)/t6-,7+,8-,9+/m1/s1. The molecule has 0 radical (unpaired) electrons. The van der Waals surface area contributed by atoms with E-state index in [1.54, 1.807) is 0 Å². The summed E-state index contributed by atoms with van der Waals surface area (Å²) in [5, 5.41) is 0.649. The van der Waals surface area contributed by atoms with Gasteiger partial charge in [-0.15, -0.1) is 0 Å². The van der Waals surface area contributed by atoms with Gasteiger partial charge in [0.05, 0.1) is 0 Å². The van der Waals surface area contributed by atoms with Gasteiger partial charge in [-0.05, 0) is 61.6 Å². The van der Waals surface area contributed by atoms with Crippen LogP contribution in [0, 0.1) is 23.7 Å². The fraction of sp³-hybridized carbons (Fsp3) is 0.909. The van der Waals surface area contributed by atoms with Crippen LogP contribution in [-0.2, 0) is 0 Å². The minimum absolute atomic E-state index is 0.0541. The normalized spacial score (nSPS) is 47.9. The third-order valence-electron chi connectivity index (χ3n) is 5.32. The van der Waals surface area contributed by atoms with Crippen molar-refractivity contribution >= 4 is 17.3 Å². The highest BCUT2D eigenvalue weighted by molar-refractivity contribution is 7.80. The second-order valence-electron chi connectivity index (χ2n) is 5.87. The fourth-order valence-electron chi connectivity index (χ4n) is 4.83. The Morgan fingerprint density at radius 2 is 1.88 bits per heavy atom. The molecule has 4 fully saturated rings. The maximum atomic E-state index is 5.06. The van der Waals surface area contributed by atoms with E-state index in [1.165, 1.54) is 32.1 Å². The number of rotatable bonds is 0. The number of hydrogen-bond donors (Lipinski definition) is 4. The first-order valence-electron chi connectivity index (χ1n) is 6.39. The minimum atomic E-state index is 0.0541. The average Bonchev–Trinajstić information content (AvgIpc) is 2.93. The number of thiocarbonyl (C=S) groups is 1. The summed E-state index contributed by atoms with van der Waals surface area (Å²) in [5.74, 6) is 3.66. The van der Waals surface area contributed by atoms with Crippen molar-refractivity contribution in [3.05, 3.63) is 0 Å². The molecule has 4 nitrogen and oxygen atoms in total. The van der Waals surface area contributed by atoms with E-state index in [0.29, 0.717) is 5.11 Å². The zero-order valence-corrected chi connectivity index (χ0v) is 10.1. The van der Waals surface area contributed by atoms with Crippen molar-refractivity contribution in [2.45, 2.75) is 37.8 Å². The van der Waals surface area contributed by atoms with E-state index in [-0.39, 0.29) is 5.66 Å². The van der Waals surface area contributed by atoms with Gasteiger partial charge in [0.25, 0.3) is 0 Å². The molecule has 0 aromatic heterocycles. The van der Waals surface area contributed by atoms with Gasteiger partial charge in [-0.3, -0.25) is 10.9 Å². The maximum absolute atomic E-state index is 5.06. The van der Waals surface area contributed by atoms with Crippen molar-refractivity contribution in [2.75, 3.05) is 0 Å². The predicted octanol–water partition coefficient (Wildman–Crippen LogP) is 0.626. The summed E-state index contributed by atoms with van der Waals surface area (Å²) in [5.41, 5.74) is 13.1. The van der Waals surface area contributed by atoms with E-state index in [9.17, 15) is 0 Å². The molecule has 1 heterocycles. The van der Waals surface area contributed by atoms with Crippen LogP contribution in [0.3, 0.4) is 0 Å². The lowest BCUT2D eigenvalue weighted by atomic mass is 9.76. The molecule has 1 aliphatic heterocycles. The van der Waals surface area contributed by atoms with Gasteiger partial charge in [-0.1, -0.05) is 6.42 Å². The Labute approximate surface area is 101 Å². The summed E-state index contributed by atoms with van der Waals surface area (Å²) in [6.45, 7) is 0. The highest BCUT2D eigenvalue weighted by atomic mass is 32.1. The van der Waals surface area contributed by atoms with Crippen molar-refractivity contribution in [3.63, 3.8) is 0 Å². The van der Waals surface area contributed by atoms with Crippen molar-refractivity contribution in [1.29, 1.82) is 0 Å². The topological polar surface area (TPSA) is 48.1 Å². The van der Waals surface area contributed by atoms with Gasteiger partial charge in [-0.2, -0.15) is 0 Å². The lowest BCUT2D eigenvalue weighted by Gasteiger charge is -2.46. The summed E-state index contributed by atoms with van der Waals surface area (Å²) in [4.78, 5) is 0. The van der Waals surface area contributed by atoms with E-state index in [2.05, 4.69) is 21.7 Å². The number of nitrogens with one attached hydrogen (secondary N) is 4. The molecule has 4 aliphatic rings. The molecule has 4 atom stereocenters. The van der Waals surface area contributed by atoms with Gasteiger partial charge >= 0.3 is 0 Å². The molecule has 1 spiro atoms. The monoisotopic (exact) mass is 238 g/mol. The minimum Gasteiger partial charge on any atom is -0.295 e. The third-order valence-corrected chi connectivity index (χ3v) is 5.52. The zero-order chi connectivity index (χ0) is 10.8. The van der Waals surface area contributed by atoms with Crippen LogP contribution in [0.15, 0.2) is 0 Å². The Morgan fingerprint density at radius 1 is 1.12 bits per heavy atom.